The third-order valence-electron chi connectivity index (χ3n) is 4.45. The quantitative estimate of drug-likeness (QED) is 0.743. The van der Waals surface area contributed by atoms with Gasteiger partial charge in [0.1, 0.15) is 5.75 Å². The predicted octanol–water partition coefficient (Wildman–Crippen LogP) is 2.30. The summed E-state index contributed by atoms with van der Waals surface area (Å²) in [5, 5.41) is 2.69. The van der Waals surface area contributed by atoms with E-state index in [4.69, 9.17) is 9.47 Å². The minimum Gasteiger partial charge on any atom is -0.497 e. The van der Waals surface area contributed by atoms with Gasteiger partial charge in [0.2, 0.25) is 5.91 Å². The molecule has 0 atom stereocenters. The molecule has 3 rings (SSSR count). The number of benzene rings is 2. The molecule has 7 heteroatoms. The number of carbonyl (C=O) groups is 3. The number of anilines is 1. The summed E-state index contributed by atoms with van der Waals surface area (Å²) in [6.45, 7) is 0.636. The van der Waals surface area contributed by atoms with Crippen LogP contribution in [0, 0.1) is 0 Å². The molecule has 1 fully saturated rings. The average molecular weight is 382 g/mol. The van der Waals surface area contributed by atoms with Crippen LogP contribution in [0.25, 0.3) is 0 Å². The molecule has 0 bridgehead atoms. The first kappa shape index (κ1) is 19.4. The summed E-state index contributed by atoms with van der Waals surface area (Å²) in [6.07, 6.45) is 1.39. The SMILES string of the molecule is COc1cccc(CNC(=O)COC(=O)c2ccc(N3CCCC3=O)cc2)c1. The second-order valence-corrected chi connectivity index (χ2v) is 6.40. The van der Waals surface area contributed by atoms with Crippen molar-refractivity contribution in [1.29, 1.82) is 0 Å². The van der Waals surface area contributed by atoms with Crippen LogP contribution in [0.1, 0.15) is 28.8 Å². The van der Waals surface area contributed by atoms with Gasteiger partial charge >= 0.3 is 5.97 Å². The highest BCUT2D eigenvalue weighted by atomic mass is 16.5. The summed E-state index contributed by atoms with van der Waals surface area (Å²) in [6, 6.07) is 13.9. The molecule has 0 saturated carbocycles. The number of esters is 1. The number of nitrogens with zero attached hydrogens (tertiary/aromatic N) is 1. The van der Waals surface area contributed by atoms with E-state index >= 15 is 0 Å². The smallest absolute Gasteiger partial charge is 0.338 e. The number of hydrogen-bond donors (Lipinski definition) is 1. The fraction of sp³-hybridized carbons (Fsp3) is 0.286. The third kappa shape index (κ3) is 4.88. The third-order valence-corrected chi connectivity index (χ3v) is 4.45. The van der Waals surface area contributed by atoms with Crippen LogP contribution in [0.5, 0.6) is 5.75 Å². The molecule has 28 heavy (non-hydrogen) atoms. The Hall–Kier alpha value is -3.35. The molecule has 0 aromatic heterocycles. The van der Waals surface area contributed by atoms with Gasteiger partial charge in [0.05, 0.1) is 12.7 Å². The van der Waals surface area contributed by atoms with E-state index in [0.29, 0.717) is 30.8 Å². The van der Waals surface area contributed by atoms with E-state index in [1.807, 2.05) is 24.3 Å². The monoisotopic (exact) mass is 382 g/mol. The molecular weight excluding hydrogens is 360 g/mol. The maximum absolute atomic E-state index is 12.1. The Morgan fingerprint density at radius 1 is 1.14 bits per heavy atom. The van der Waals surface area contributed by atoms with Crippen molar-refractivity contribution in [1.82, 2.24) is 5.32 Å². The Morgan fingerprint density at radius 3 is 2.61 bits per heavy atom. The number of carbonyl (C=O) groups excluding carboxylic acids is 3. The second-order valence-electron chi connectivity index (χ2n) is 6.40. The van der Waals surface area contributed by atoms with Crippen LogP contribution in [0.4, 0.5) is 5.69 Å². The molecule has 0 spiro atoms. The summed E-state index contributed by atoms with van der Waals surface area (Å²) in [5.41, 5.74) is 1.97. The molecule has 2 aromatic carbocycles. The van der Waals surface area contributed by atoms with Gasteiger partial charge < -0.3 is 19.7 Å². The lowest BCUT2D eigenvalue weighted by Crippen LogP contribution is -2.28. The molecule has 2 aromatic rings. The highest BCUT2D eigenvalue weighted by Gasteiger charge is 2.21. The van der Waals surface area contributed by atoms with Gasteiger partial charge in [0, 0.05) is 25.2 Å². The van der Waals surface area contributed by atoms with Crippen LogP contribution < -0.4 is 15.0 Å². The second kappa shape index (κ2) is 9.03. The highest BCUT2D eigenvalue weighted by molar-refractivity contribution is 5.96. The van der Waals surface area contributed by atoms with Crippen molar-refractivity contribution in [2.45, 2.75) is 19.4 Å². The minimum atomic E-state index is -0.587. The molecule has 1 aliphatic rings. The van der Waals surface area contributed by atoms with Crippen LogP contribution in [0.3, 0.4) is 0 Å². The van der Waals surface area contributed by atoms with Crippen LogP contribution in [0.15, 0.2) is 48.5 Å². The topological polar surface area (TPSA) is 84.9 Å². The number of amides is 2. The lowest BCUT2D eigenvalue weighted by atomic mass is 10.2. The van der Waals surface area contributed by atoms with Crippen molar-refractivity contribution in [3.63, 3.8) is 0 Å². The number of methoxy groups -OCH3 is 1. The molecule has 2 amide bonds. The molecule has 1 saturated heterocycles. The zero-order chi connectivity index (χ0) is 19.9. The lowest BCUT2D eigenvalue weighted by Gasteiger charge is -2.15. The summed E-state index contributed by atoms with van der Waals surface area (Å²) in [4.78, 5) is 37.5. The summed E-state index contributed by atoms with van der Waals surface area (Å²) in [5.74, 6) is -0.188. The molecule has 0 unspecified atom stereocenters. The number of rotatable bonds is 7. The summed E-state index contributed by atoms with van der Waals surface area (Å²) in [7, 11) is 1.58. The number of hydrogen-bond acceptors (Lipinski definition) is 5. The van der Waals surface area contributed by atoms with Crippen molar-refractivity contribution in [3.05, 3.63) is 59.7 Å². The molecule has 146 valence electrons. The number of nitrogens with one attached hydrogen (secondary N) is 1. The molecule has 1 N–H and O–H groups in total. The van der Waals surface area contributed by atoms with E-state index in [-0.39, 0.29) is 12.5 Å². The van der Waals surface area contributed by atoms with Crippen molar-refractivity contribution in [2.75, 3.05) is 25.2 Å². The van der Waals surface area contributed by atoms with E-state index < -0.39 is 11.9 Å². The average Bonchev–Trinajstić information content (AvgIpc) is 3.16. The first-order valence-electron chi connectivity index (χ1n) is 9.04. The minimum absolute atomic E-state index is 0.0861. The van der Waals surface area contributed by atoms with Gasteiger partial charge in [-0.1, -0.05) is 12.1 Å². The molecule has 0 radical (unpaired) electrons. The lowest BCUT2D eigenvalue weighted by molar-refractivity contribution is -0.124. The fourth-order valence-electron chi connectivity index (χ4n) is 2.95. The van der Waals surface area contributed by atoms with Crippen molar-refractivity contribution < 1.29 is 23.9 Å². The Balaban J connectivity index is 1.46. The van der Waals surface area contributed by atoms with Crippen molar-refractivity contribution in [3.8, 4) is 5.75 Å². The van der Waals surface area contributed by atoms with E-state index in [1.165, 1.54) is 0 Å². The van der Waals surface area contributed by atoms with Gasteiger partial charge in [0.15, 0.2) is 6.61 Å². The van der Waals surface area contributed by atoms with Crippen LogP contribution in [-0.4, -0.2) is 38.0 Å². The summed E-state index contributed by atoms with van der Waals surface area (Å²) < 4.78 is 10.2. The first-order chi connectivity index (χ1) is 13.6. The van der Waals surface area contributed by atoms with Gasteiger partial charge in [-0.25, -0.2) is 4.79 Å². The Labute approximate surface area is 163 Å². The number of ether oxygens (including phenoxy) is 2. The van der Waals surface area contributed by atoms with Crippen LogP contribution in [0.2, 0.25) is 0 Å². The van der Waals surface area contributed by atoms with E-state index in [2.05, 4.69) is 5.32 Å². The predicted molar refractivity (Wildman–Crippen MR) is 103 cm³/mol. The standard InChI is InChI=1S/C21H22N2O5/c1-27-18-5-2-4-15(12-18)13-22-19(24)14-28-21(26)16-7-9-17(10-8-16)23-11-3-6-20(23)25/h2,4-5,7-10,12H,3,6,11,13-14H2,1H3,(H,22,24). The molecule has 1 heterocycles. The van der Waals surface area contributed by atoms with E-state index in [9.17, 15) is 14.4 Å². The van der Waals surface area contributed by atoms with E-state index in [1.54, 1.807) is 36.3 Å². The maximum Gasteiger partial charge on any atom is 0.338 e. The van der Waals surface area contributed by atoms with Crippen LogP contribution >= 0.6 is 0 Å². The molecular formula is C21H22N2O5. The maximum atomic E-state index is 12.1. The van der Waals surface area contributed by atoms with Gasteiger partial charge in [-0.2, -0.15) is 0 Å². The van der Waals surface area contributed by atoms with Crippen LogP contribution in [-0.2, 0) is 20.9 Å². The van der Waals surface area contributed by atoms with E-state index in [0.717, 1.165) is 17.7 Å². The molecule has 0 aliphatic carbocycles. The zero-order valence-corrected chi connectivity index (χ0v) is 15.6. The zero-order valence-electron chi connectivity index (χ0n) is 15.6. The Morgan fingerprint density at radius 2 is 1.93 bits per heavy atom. The van der Waals surface area contributed by atoms with Gasteiger partial charge in [0.25, 0.3) is 5.91 Å². The highest BCUT2D eigenvalue weighted by Crippen LogP contribution is 2.21. The van der Waals surface area contributed by atoms with Gasteiger partial charge in [-0.3, -0.25) is 9.59 Å². The molecule has 1 aliphatic heterocycles. The fourth-order valence-corrected chi connectivity index (χ4v) is 2.95. The Kier molecular flexibility index (Phi) is 6.26. The van der Waals surface area contributed by atoms with Crippen molar-refractivity contribution in [2.24, 2.45) is 0 Å². The normalized spacial score (nSPS) is 13.3. The van der Waals surface area contributed by atoms with Gasteiger partial charge in [-0.05, 0) is 48.4 Å². The first-order valence-corrected chi connectivity index (χ1v) is 9.04. The molecule has 7 nitrogen and oxygen atoms in total. The van der Waals surface area contributed by atoms with Crippen molar-refractivity contribution >= 4 is 23.5 Å². The largest absolute Gasteiger partial charge is 0.497 e. The summed E-state index contributed by atoms with van der Waals surface area (Å²) >= 11 is 0. The Bertz CT molecular complexity index is 863. The van der Waals surface area contributed by atoms with Gasteiger partial charge in [-0.15, -0.1) is 0 Å².